The largest absolute Gasteiger partial charge is 0.618 e. The van der Waals surface area contributed by atoms with Gasteiger partial charge in [0, 0.05) is 6.92 Å². The van der Waals surface area contributed by atoms with Crippen molar-refractivity contribution in [3.05, 3.63) is 41.4 Å². The summed E-state index contributed by atoms with van der Waals surface area (Å²) in [6.45, 7) is 1.66. The van der Waals surface area contributed by atoms with Gasteiger partial charge in [-0.15, -0.1) is 0 Å². The van der Waals surface area contributed by atoms with E-state index in [-0.39, 0.29) is 0 Å². The van der Waals surface area contributed by atoms with Crippen molar-refractivity contribution in [3.8, 4) is 22.9 Å². The number of para-hydroxylation sites is 1. The van der Waals surface area contributed by atoms with Gasteiger partial charge in [0.15, 0.2) is 0 Å². The Bertz CT molecular complexity index is 570. The van der Waals surface area contributed by atoms with E-state index in [1.54, 1.807) is 20.1 Å². The second-order valence-electron chi connectivity index (χ2n) is 3.73. The van der Waals surface area contributed by atoms with E-state index in [1.165, 1.54) is 13.3 Å². The number of aromatic nitrogens is 2. The quantitative estimate of drug-likeness (QED) is 0.611. The highest BCUT2D eigenvalue weighted by atomic mass is 16.5. The van der Waals surface area contributed by atoms with Gasteiger partial charge >= 0.3 is 0 Å². The summed E-state index contributed by atoms with van der Waals surface area (Å²) in [6, 6.07) is 7.31. The summed E-state index contributed by atoms with van der Waals surface area (Å²) in [4.78, 5) is 4.11. The van der Waals surface area contributed by atoms with Gasteiger partial charge in [-0.05, 0) is 12.1 Å². The molecular formula is C13H14N2O3. The number of nitrogens with zero attached hydrogens (tertiary/aromatic N) is 2. The maximum absolute atomic E-state index is 12.2. The van der Waals surface area contributed by atoms with Crippen LogP contribution in [0.4, 0.5) is 0 Å². The van der Waals surface area contributed by atoms with Crippen LogP contribution in [0.25, 0.3) is 11.3 Å². The number of hydrogen-bond acceptors (Lipinski definition) is 4. The van der Waals surface area contributed by atoms with E-state index in [9.17, 15) is 5.21 Å². The monoisotopic (exact) mass is 246 g/mol. The second-order valence-corrected chi connectivity index (χ2v) is 3.73. The molecule has 0 aliphatic carbocycles. The minimum Gasteiger partial charge on any atom is -0.618 e. The summed E-state index contributed by atoms with van der Waals surface area (Å²) < 4.78 is 11.0. The van der Waals surface area contributed by atoms with Crippen LogP contribution in [0.3, 0.4) is 0 Å². The standard InChI is InChI=1S/C13H14N2O3/c1-9-13(18-3)14-8-11(15(9)16)10-6-4-5-7-12(10)17-2/h4-8H,1-3H3. The molecule has 2 aromatic rings. The van der Waals surface area contributed by atoms with Gasteiger partial charge in [0.2, 0.25) is 5.69 Å². The lowest BCUT2D eigenvalue weighted by molar-refractivity contribution is -0.601. The van der Waals surface area contributed by atoms with Crippen molar-refractivity contribution in [2.45, 2.75) is 6.92 Å². The lowest BCUT2D eigenvalue weighted by atomic mass is 10.1. The first-order chi connectivity index (χ1) is 8.69. The van der Waals surface area contributed by atoms with Crippen molar-refractivity contribution < 1.29 is 14.2 Å². The molecule has 0 fully saturated rings. The first-order valence-corrected chi connectivity index (χ1v) is 5.45. The fourth-order valence-electron chi connectivity index (χ4n) is 1.77. The molecule has 0 atom stereocenters. The molecular weight excluding hydrogens is 232 g/mol. The van der Waals surface area contributed by atoms with Crippen LogP contribution in [0.15, 0.2) is 30.5 Å². The highest BCUT2D eigenvalue weighted by Crippen LogP contribution is 2.27. The van der Waals surface area contributed by atoms with Crippen molar-refractivity contribution >= 4 is 0 Å². The fraction of sp³-hybridized carbons (Fsp3) is 0.231. The summed E-state index contributed by atoms with van der Waals surface area (Å²) in [5.74, 6) is 0.956. The maximum Gasteiger partial charge on any atom is 0.284 e. The molecule has 0 N–H and O–H groups in total. The zero-order valence-corrected chi connectivity index (χ0v) is 10.5. The number of methoxy groups -OCH3 is 2. The highest BCUT2D eigenvalue weighted by Gasteiger charge is 2.19. The molecule has 0 radical (unpaired) electrons. The van der Waals surface area contributed by atoms with Crippen LogP contribution < -0.4 is 14.2 Å². The van der Waals surface area contributed by atoms with Crippen LogP contribution >= 0.6 is 0 Å². The molecule has 2 rings (SSSR count). The lowest BCUT2D eigenvalue weighted by Crippen LogP contribution is -2.34. The van der Waals surface area contributed by atoms with Crippen LogP contribution in [0.1, 0.15) is 5.69 Å². The zero-order chi connectivity index (χ0) is 13.1. The Morgan fingerprint density at radius 3 is 2.56 bits per heavy atom. The van der Waals surface area contributed by atoms with Crippen molar-refractivity contribution in [2.75, 3.05) is 14.2 Å². The Hall–Kier alpha value is -2.30. The molecule has 5 nitrogen and oxygen atoms in total. The molecule has 94 valence electrons. The van der Waals surface area contributed by atoms with Gasteiger partial charge in [0.25, 0.3) is 11.6 Å². The van der Waals surface area contributed by atoms with Gasteiger partial charge < -0.3 is 14.7 Å². The van der Waals surface area contributed by atoms with Gasteiger partial charge in [-0.2, -0.15) is 4.73 Å². The minimum atomic E-state index is 0.323. The van der Waals surface area contributed by atoms with E-state index in [4.69, 9.17) is 9.47 Å². The van der Waals surface area contributed by atoms with Gasteiger partial charge in [0.05, 0.1) is 19.8 Å². The molecule has 0 saturated heterocycles. The molecule has 1 heterocycles. The van der Waals surface area contributed by atoms with Crippen LogP contribution in [-0.2, 0) is 0 Å². The van der Waals surface area contributed by atoms with E-state index in [0.717, 1.165) is 4.73 Å². The van der Waals surface area contributed by atoms with E-state index in [0.29, 0.717) is 28.6 Å². The van der Waals surface area contributed by atoms with Gasteiger partial charge in [0.1, 0.15) is 11.9 Å². The van der Waals surface area contributed by atoms with Crippen LogP contribution in [-0.4, -0.2) is 19.2 Å². The first kappa shape index (κ1) is 12.2. The molecule has 0 saturated carbocycles. The smallest absolute Gasteiger partial charge is 0.284 e. The molecule has 18 heavy (non-hydrogen) atoms. The first-order valence-electron chi connectivity index (χ1n) is 5.45. The fourth-order valence-corrected chi connectivity index (χ4v) is 1.77. The van der Waals surface area contributed by atoms with E-state index in [1.807, 2.05) is 18.2 Å². The number of rotatable bonds is 3. The Kier molecular flexibility index (Phi) is 3.32. The van der Waals surface area contributed by atoms with Crippen LogP contribution in [0.2, 0.25) is 0 Å². The molecule has 0 unspecified atom stereocenters. The van der Waals surface area contributed by atoms with E-state index < -0.39 is 0 Å². The van der Waals surface area contributed by atoms with Crippen LogP contribution in [0, 0.1) is 12.1 Å². The Balaban J connectivity index is 2.61. The van der Waals surface area contributed by atoms with Crippen molar-refractivity contribution in [3.63, 3.8) is 0 Å². The van der Waals surface area contributed by atoms with Gasteiger partial charge in [-0.1, -0.05) is 12.1 Å². The summed E-state index contributed by atoms with van der Waals surface area (Å²) in [5.41, 5.74) is 1.56. The SMILES string of the molecule is COc1ccccc1-c1cnc(OC)c(C)[n+]1[O-]. The Labute approximate surface area is 105 Å². The van der Waals surface area contributed by atoms with Crippen molar-refractivity contribution in [1.82, 2.24) is 4.98 Å². The summed E-state index contributed by atoms with van der Waals surface area (Å²) in [5, 5.41) is 12.2. The average molecular weight is 246 g/mol. The second kappa shape index (κ2) is 4.91. The van der Waals surface area contributed by atoms with Crippen molar-refractivity contribution in [1.29, 1.82) is 0 Å². The molecule has 0 bridgehead atoms. The normalized spacial score (nSPS) is 10.2. The Morgan fingerprint density at radius 1 is 1.17 bits per heavy atom. The maximum atomic E-state index is 12.2. The third-order valence-corrected chi connectivity index (χ3v) is 2.71. The lowest BCUT2D eigenvalue weighted by Gasteiger charge is -2.11. The minimum absolute atomic E-state index is 0.323. The molecule has 5 heteroatoms. The predicted molar refractivity (Wildman–Crippen MR) is 66.5 cm³/mol. The number of benzene rings is 1. The average Bonchev–Trinajstić information content (AvgIpc) is 2.42. The van der Waals surface area contributed by atoms with E-state index in [2.05, 4.69) is 4.98 Å². The molecule has 0 amide bonds. The van der Waals surface area contributed by atoms with Gasteiger partial charge in [-0.25, -0.2) is 4.98 Å². The molecule has 1 aromatic carbocycles. The van der Waals surface area contributed by atoms with Gasteiger partial charge in [-0.3, -0.25) is 0 Å². The van der Waals surface area contributed by atoms with Crippen LogP contribution in [0.5, 0.6) is 11.6 Å². The molecule has 0 aliphatic heterocycles. The molecule has 1 aromatic heterocycles. The summed E-state index contributed by atoms with van der Waals surface area (Å²) in [7, 11) is 3.05. The topological polar surface area (TPSA) is 58.3 Å². The number of hydrogen-bond donors (Lipinski definition) is 0. The third-order valence-electron chi connectivity index (χ3n) is 2.71. The van der Waals surface area contributed by atoms with E-state index >= 15 is 0 Å². The molecule has 0 aliphatic rings. The van der Waals surface area contributed by atoms with Crippen molar-refractivity contribution in [2.24, 2.45) is 0 Å². The molecule has 0 spiro atoms. The highest BCUT2D eigenvalue weighted by molar-refractivity contribution is 5.64. The predicted octanol–water partition coefficient (Wildman–Crippen LogP) is 1.71. The summed E-state index contributed by atoms with van der Waals surface area (Å²) in [6.07, 6.45) is 1.48. The Morgan fingerprint density at radius 2 is 1.89 bits per heavy atom. The summed E-state index contributed by atoms with van der Waals surface area (Å²) >= 11 is 0. The third kappa shape index (κ3) is 1.95. The number of ether oxygens (including phenoxy) is 2. The zero-order valence-electron chi connectivity index (χ0n) is 10.5.